The minimum absolute atomic E-state index is 0.462. The first-order chi connectivity index (χ1) is 4.81. The zero-order valence-electron chi connectivity index (χ0n) is 6.45. The molecule has 0 saturated carbocycles. The summed E-state index contributed by atoms with van der Waals surface area (Å²) >= 11 is 0. The molecular weight excluding hydrogens is 128 g/mol. The van der Waals surface area contributed by atoms with Crippen molar-refractivity contribution in [3.8, 4) is 0 Å². The molecular formula is C8H16O2. The van der Waals surface area contributed by atoms with Crippen LogP contribution in [0.25, 0.3) is 0 Å². The average Bonchev–Trinajstić information content (AvgIpc) is 1.89. The fourth-order valence-corrected chi connectivity index (χ4v) is 0.799. The summed E-state index contributed by atoms with van der Waals surface area (Å²) in [5.74, 6) is 0. The molecule has 2 N–H and O–H groups in total. The molecule has 0 bridgehead atoms. The number of hydrogen-bond donors (Lipinski definition) is 2. The molecule has 0 saturated heterocycles. The standard InChI is InChI=1S/C8H16O2/c1-2-3-4-5-8(10)6-7-9/h6-10H,2-5H2,1H3. The third-order valence-corrected chi connectivity index (χ3v) is 1.41. The monoisotopic (exact) mass is 144 g/mol. The fraction of sp³-hybridized carbons (Fsp3) is 0.750. The minimum Gasteiger partial charge on any atom is -0.516 e. The first-order valence-electron chi connectivity index (χ1n) is 3.80. The number of unbranched alkanes of at least 4 members (excludes halogenated alkanes) is 2. The molecule has 2 nitrogen and oxygen atoms in total. The van der Waals surface area contributed by atoms with E-state index in [-0.39, 0.29) is 0 Å². The van der Waals surface area contributed by atoms with Crippen molar-refractivity contribution in [1.29, 1.82) is 0 Å². The van der Waals surface area contributed by atoms with Crippen molar-refractivity contribution in [2.24, 2.45) is 0 Å². The molecule has 60 valence electrons. The van der Waals surface area contributed by atoms with Crippen molar-refractivity contribution in [2.75, 3.05) is 0 Å². The van der Waals surface area contributed by atoms with Gasteiger partial charge in [-0.05, 0) is 12.5 Å². The highest BCUT2D eigenvalue weighted by atomic mass is 16.3. The first-order valence-corrected chi connectivity index (χ1v) is 3.80. The molecule has 0 spiro atoms. The SMILES string of the molecule is CCCCCC(O)C=CO. The summed E-state index contributed by atoms with van der Waals surface area (Å²) < 4.78 is 0. The Hall–Kier alpha value is -0.500. The second-order valence-electron chi connectivity index (χ2n) is 2.40. The lowest BCUT2D eigenvalue weighted by Gasteiger charge is -2.02. The van der Waals surface area contributed by atoms with Crippen LogP contribution >= 0.6 is 0 Å². The molecule has 0 aromatic carbocycles. The first kappa shape index (κ1) is 9.50. The maximum atomic E-state index is 9.03. The lowest BCUT2D eigenvalue weighted by Crippen LogP contribution is -2.00. The van der Waals surface area contributed by atoms with Crippen molar-refractivity contribution in [3.63, 3.8) is 0 Å². The third kappa shape index (κ3) is 5.63. The summed E-state index contributed by atoms with van der Waals surface area (Å²) in [6, 6.07) is 0. The smallest absolute Gasteiger partial charge is 0.0777 e. The number of hydrogen-bond acceptors (Lipinski definition) is 2. The van der Waals surface area contributed by atoms with Gasteiger partial charge < -0.3 is 10.2 Å². The fourth-order valence-electron chi connectivity index (χ4n) is 0.799. The molecule has 0 heterocycles. The van der Waals surface area contributed by atoms with E-state index in [0.717, 1.165) is 31.9 Å². The topological polar surface area (TPSA) is 40.5 Å². The molecule has 10 heavy (non-hydrogen) atoms. The number of aliphatic hydroxyl groups is 2. The quantitative estimate of drug-likeness (QED) is 0.457. The second kappa shape index (κ2) is 6.62. The Bertz CT molecular complexity index is 89.3. The molecule has 0 fully saturated rings. The Labute approximate surface area is 62.2 Å². The van der Waals surface area contributed by atoms with Crippen molar-refractivity contribution in [1.82, 2.24) is 0 Å². The van der Waals surface area contributed by atoms with Gasteiger partial charge in [0.15, 0.2) is 0 Å². The summed E-state index contributed by atoms with van der Waals surface area (Å²) in [7, 11) is 0. The Morgan fingerprint density at radius 1 is 1.40 bits per heavy atom. The van der Waals surface area contributed by atoms with Crippen LogP contribution < -0.4 is 0 Å². The lowest BCUT2D eigenvalue weighted by atomic mass is 10.1. The van der Waals surface area contributed by atoms with Gasteiger partial charge in [0.25, 0.3) is 0 Å². The lowest BCUT2D eigenvalue weighted by molar-refractivity contribution is 0.205. The van der Waals surface area contributed by atoms with Crippen molar-refractivity contribution in [2.45, 2.75) is 38.7 Å². The summed E-state index contributed by atoms with van der Waals surface area (Å²) in [6.07, 6.45) is 5.93. The van der Waals surface area contributed by atoms with Crippen LogP contribution in [0.5, 0.6) is 0 Å². The summed E-state index contributed by atoms with van der Waals surface area (Å²) in [4.78, 5) is 0. The molecule has 2 heteroatoms. The van der Waals surface area contributed by atoms with Crippen LogP contribution in [-0.4, -0.2) is 16.3 Å². The predicted molar refractivity (Wildman–Crippen MR) is 41.9 cm³/mol. The van der Waals surface area contributed by atoms with Gasteiger partial charge in [-0.15, -0.1) is 0 Å². The molecule has 0 aliphatic heterocycles. The Balaban J connectivity index is 3.13. The van der Waals surface area contributed by atoms with E-state index >= 15 is 0 Å². The normalized spacial score (nSPS) is 14.2. The molecule has 0 rings (SSSR count). The van der Waals surface area contributed by atoms with E-state index in [9.17, 15) is 0 Å². The third-order valence-electron chi connectivity index (χ3n) is 1.41. The van der Waals surface area contributed by atoms with Crippen LogP contribution in [0.1, 0.15) is 32.6 Å². The van der Waals surface area contributed by atoms with Crippen LogP contribution in [0.4, 0.5) is 0 Å². The van der Waals surface area contributed by atoms with E-state index < -0.39 is 6.10 Å². The van der Waals surface area contributed by atoms with Gasteiger partial charge in [0.2, 0.25) is 0 Å². The van der Waals surface area contributed by atoms with Gasteiger partial charge in [-0.2, -0.15) is 0 Å². The Morgan fingerprint density at radius 3 is 2.60 bits per heavy atom. The summed E-state index contributed by atoms with van der Waals surface area (Å²) in [5.41, 5.74) is 0. The van der Waals surface area contributed by atoms with Crippen molar-refractivity contribution >= 4 is 0 Å². The Morgan fingerprint density at radius 2 is 2.10 bits per heavy atom. The maximum absolute atomic E-state index is 9.03. The van der Waals surface area contributed by atoms with Crippen molar-refractivity contribution in [3.05, 3.63) is 12.3 Å². The molecule has 0 aromatic heterocycles. The van der Waals surface area contributed by atoms with Gasteiger partial charge in [0.1, 0.15) is 0 Å². The summed E-state index contributed by atoms with van der Waals surface area (Å²) in [6.45, 7) is 2.12. The predicted octanol–water partition coefficient (Wildman–Crippen LogP) is 2.00. The molecule has 0 aliphatic rings. The van der Waals surface area contributed by atoms with Crippen LogP contribution in [0.15, 0.2) is 12.3 Å². The van der Waals surface area contributed by atoms with E-state index in [1.54, 1.807) is 0 Å². The molecule has 0 aromatic rings. The largest absolute Gasteiger partial charge is 0.516 e. The van der Waals surface area contributed by atoms with Gasteiger partial charge in [-0.3, -0.25) is 0 Å². The van der Waals surface area contributed by atoms with Gasteiger partial charge in [-0.25, -0.2) is 0 Å². The highest BCUT2D eigenvalue weighted by molar-refractivity contribution is 4.81. The maximum Gasteiger partial charge on any atom is 0.0777 e. The minimum atomic E-state index is -0.462. The molecule has 0 amide bonds. The van der Waals surface area contributed by atoms with E-state index in [1.807, 2.05) is 0 Å². The Kier molecular flexibility index (Phi) is 6.29. The number of rotatable bonds is 5. The van der Waals surface area contributed by atoms with Gasteiger partial charge >= 0.3 is 0 Å². The van der Waals surface area contributed by atoms with Gasteiger partial charge in [-0.1, -0.05) is 26.2 Å². The molecule has 1 unspecified atom stereocenters. The summed E-state index contributed by atoms with van der Waals surface area (Å²) in [5, 5.41) is 17.3. The van der Waals surface area contributed by atoms with E-state index in [2.05, 4.69) is 6.92 Å². The second-order valence-corrected chi connectivity index (χ2v) is 2.40. The zero-order chi connectivity index (χ0) is 7.82. The van der Waals surface area contributed by atoms with Crippen LogP contribution in [0.2, 0.25) is 0 Å². The van der Waals surface area contributed by atoms with Crippen LogP contribution in [0, 0.1) is 0 Å². The molecule has 0 radical (unpaired) electrons. The molecule has 1 atom stereocenters. The highest BCUT2D eigenvalue weighted by Gasteiger charge is 1.96. The van der Waals surface area contributed by atoms with Gasteiger partial charge in [0, 0.05) is 0 Å². The average molecular weight is 144 g/mol. The highest BCUT2D eigenvalue weighted by Crippen LogP contribution is 2.03. The van der Waals surface area contributed by atoms with Crippen molar-refractivity contribution < 1.29 is 10.2 Å². The molecule has 0 aliphatic carbocycles. The van der Waals surface area contributed by atoms with E-state index in [4.69, 9.17) is 10.2 Å². The van der Waals surface area contributed by atoms with Crippen LogP contribution in [-0.2, 0) is 0 Å². The number of aliphatic hydroxyl groups excluding tert-OH is 2. The zero-order valence-corrected chi connectivity index (χ0v) is 6.45. The van der Waals surface area contributed by atoms with Gasteiger partial charge in [0.05, 0.1) is 12.4 Å². The van der Waals surface area contributed by atoms with E-state index in [0.29, 0.717) is 0 Å². The van der Waals surface area contributed by atoms with Crippen LogP contribution in [0.3, 0.4) is 0 Å². The van der Waals surface area contributed by atoms with E-state index in [1.165, 1.54) is 6.08 Å².